The Morgan fingerprint density at radius 1 is 1.50 bits per heavy atom. The summed E-state index contributed by atoms with van der Waals surface area (Å²) >= 11 is 2.15. The standard InChI is InChI=1S/C9H10INO/c1-5-7(6(2)12)3-4-8(11)9(5)10/h3-4H,11H2,1-2H3. The molecule has 64 valence electrons. The van der Waals surface area contributed by atoms with E-state index in [2.05, 4.69) is 22.6 Å². The normalized spacial score (nSPS) is 9.92. The molecule has 2 N–H and O–H groups in total. The van der Waals surface area contributed by atoms with E-state index >= 15 is 0 Å². The molecule has 12 heavy (non-hydrogen) atoms. The molecule has 0 bridgehead atoms. The molecule has 0 radical (unpaired) electrons. The molecule has 0 aliphatic heterocycles. The van der Waals surface area contributed by atoms with Crippen LogP contribution in [0.5, 0.6) is 0 Å². The number of anilines is 1. The zero-order valence-electron chi connectivity index (χ0n) is 7.02. The average Bonchev–Trinajstić information content (AvgIpc) is 2.00. The molecule has 0 unspecified atom stereocenters. The van der Waals surface area contributed by atoms with Gasteiger partial charge in [-0.25, -0.2) is 0 Å². The Balaban J connectivity index is 3.36. The highest BCUT2D eigenvalue weighted by Crippen LogP contribution is 2.22. The quantitative estimate of drug-likeness (QED) is 0.486. The second-order valence-electron chi connectivity index (χ2n) is 2.70. The molecule has 0 aromatic heterocycles. The molecule has 0 atom stereocenters. The van der Waals surface area contributed by atoms with Gasteiger partial charge in [0.15, 0.2) is 5.78 Å². The molecule has 0 aliphatic carbocycles. The van der Waals surface area contributed by atoms with Crippen molar-refractivity contribution in [2.24, 2.45) is 0 Å². The lowest BCUT2D eigenvalue weighted by atomic mass is 10.1. The zero-order valence-corrected chi connectivity index (χ0v) is 9.18. The van der Waals surface area contributed by atoms with Crippen LogP contribution in [0.25, 0.3) is 0 Å². The predicted molar refractivity (Wildman–Crippen MR) is 58.3 cm³/mol. The van der Waals surface area contributed by atoms with E-state index in [1.165, 1.54) is 0 Å². The minimum atomic E-state index is 0.0883. The Bertz CT molecular complexity index is 334. The molecular weight excluding hydrogens is 265 g/mol. The van der Waals surface area contributed by atoms with Crippen molar-refractivity contribution in [3.8, 4) is 0 Å². The lowest BCUT2D eigenvalue weighted by Crippen LogP contribution is -2.00. The highest BCUT2D eigenvalue weighted by Gasteiger charge is 2.07. The Morgan fingerprint density at radius 2 is 2.08 bits per heavy atom. The number of hydrogen-bond donors (Lipinski definition) is 1. The van der Waals surface area contributed by atoms with Gasteiger partial charge >= 0.3 is 0 Å². The maximum atomic E-state index is 11.1. The minimum Gasteiger partial charge on any atom is -0.398 e. The molecule has 0 saturated heterocycles. The SMILES string of the molecule is CC(=O)c1ccc(N)c(I)c1C. The number of rotatable bonds is 1. The number of benzene rings is 1. The lowest BCUT2D eigenvalue weighted by Gasteiger charge is -2.06. The lowest BCUT2D eigenvalue weighted by molar-refractivity contribution is 0.101. The van der Waals surface area contributed by atoms with E-state index in [1.54, 1.807) is 19.1 Å². The van der Waals surface area contributed by atoms with Crippen molar-refractivity contribution < 1.29 is 4.79 Å². The van der Waals surface area contributed by atoms with E-state index < -0.39 is 0 Å². The van der Waals surface area contributed by atoms with Crippen LogP contribution < -0.4 is 5.73 Å². The first-order valence-electron chi connectivity index (χ1n) is 3.59. The fraction of sp³-hybridized carbons (Fsp3) is 0.222. The van der Waals surface area contributed by atoms with Crippen LogP contribution in [0.1, 0.15) is 22.8 Å². The third kappa shape index (κ3) is 1.60. The highest BCUT2D eigenvalue weighted by atomic mass is 127. The van der Waals surface area contributed by atoms with Crippen LogP contribution in [0.3, 0.4) is 0 Å². The Labute approximate surface area is 85.3 Å². The summed E-state index contributed by atoms with van der Waals surface area (Å²) in [6, 6.07) is 3.54. The molecule has 0 spiro atoms. The van der Waals surface area contributed by atoms with E-state index in [4.69, 9.17) is 5.73 Å². The van der Waals surface area contributed by atoms with E-state index in [0.29, 0.717) is 0 Å². The minimum absolute atomic E-state index is 0.0883. The number of halogens is 1. The average molecular weight is 275 g/mol. The monoisotopic (exact) mass is 275 g/mol. The maximum Gasteiger partial charge on any atom is 0.160 e. The van der Waals surface area contributed by atoms with Crippen LogP contribution in [-0.2, 0) is 0 Å². The Morgan fingerprint density at radius 3 is 2.58 bits per heavy atom. The topological polar surface area (TPSA) is 43.1 Å². The highest BCUT2D eigenvalue weighted by molar-refractivity contribution is 14.1. The van der Waals surface area contributed by atoms with Crippen LogP contribution >= 0.6 is 22.6 Å². The number of hydrogen-bond acceptors (Lipinski definition) is 2. The van der Waals surface area contributed by atoms with Crippen molar-refractivity contribution in [3.63, 3.8) is 0 Å². The van der Waals surface area contributed by atoms with E-state index in [0.717, 1.165) is 20.4 Å². The number of Topliss-reactive ketones (excluding diaryl/α,β-unsaturated/α-hetero) is 1. The van der Waals surface area contributed by atoms with Crippen LogP contribution in [0.2, 0.25) is 0 Å². The number of ketones is 1. The van der Waals surface area contributed by atoms with Gasteiger partial charge in [-0.05, 0) is 54.1 Å². The van der Waals surface area contributed by atoms with Crippen molar-refractivity contribution in [2.45, 2.75) is 13.8 Å². The number of carbonyl (C=O) groups excluding carboxylic acids is 1. The van der Waals surface area contributed by atoms with Gasteiger partial charge in [0.25, 0.3) is 0 Å². The molecule has 0 saturated carbocycles. The van der Waals surface area contributed by atoms with Gasteiger partial charge in [-0.2, -0.15) is 0 Å². The molecule has 0 amide bonds. The molecule has 0 fully saturated rings. The summed E-state index contributed by atoms with van der Waals surface area (Å²) in [6.45, 7) is 3.48. The molecule has 1 rings (SSSR count). The van der Waals surface area contributed by atoms with Gasteiger partial charge in [-0.15, -0.1) is 0 Å². The second kappa shape index (κ2) is 3.43. The number of nitrogens with two attached hydrogens (primary N) is 1. The Hall–Kier alpha value is -0.580. The van der Waals surface area contributed by atoms with E-state index in [-0.39, 0.29) is 5.78 Å². The van der Waals surface area contributed by atoms with E-state index in [9.17, 15) is 4.79 Å². The molecule has 2 nitrogen and oxygen atoms in total. The molecule has 3 heteroatoms. The summed E-state index contributed by atoms with van der Waals surface area (Å²) in [4.78, 5) is 11.1. The smallest absolute Gasteiger partial charge is 0.160 e. The summed E-state index contributed by atoms with van der Waals surface area (Å²) in [6.07, 6.45) is 0. The fourth-order valence-corrected chi connectivity index (χ4v) is 1.56. The molecule has 1 aromatic carbocycles. The number of carbonyl (C=O) groups is 1. The first kappa shape index (κ1) is 9.51. The Kier molecular flexibility index (Phi) is 2.72. The van der Waals surface area contributed by atoms with Gasteiger partial charge in [-0.3, -0.25) is 4.79 Å². The summed E-state index contributed by atoms with van der Waals surface area (Å²) in [5.41, 5.74) is 8.14. The van der Waals surface area contributed by atoms with Crippen LogP contribution in [-0.4, -0.2) is 5.78 Å². The number of nitrogen functional groups attached to an aromatic ring is 1. The van der Waals surface area contributed by atoms with Gasteiger partial charge in [0.05, 0.1) is 0 Å². The second-order valence-corrected chi connectivity index (χ2v) is 3.78. The van der Waals surface area contributed by atoms with Gasteiger partial charge in [0, 0.05) is 14.8 Å². The summed E-state index contributed by atoms with van der Waals surface area (Å²) in [5, 5.41) is 0. The van der Waals surface area contributed by atoms with Crippen molar-refractivity contribution >= 4 is 34.1 Å². The van der Waals surface area contributed by atoms with Gasteiger partial charge in [0.2, 0.25) is 0 Å². The first-order chi connectivity index (χ1) is 5.54. The van der Waals surface area contributed by atoms with Gasteiger partial charge in [-0.1, -0.05) is 0 Å². The first-order valence-corrected chi connectivity index (χ1v) is 4.67. The van der Waals surface area contributed by atoms with Crippen LogP contribution in [0, 0.1) is 10.5 Å². The molecular formula is C9H10INO. The van der Waals surface area contributed by atoms with Gasteiger partial charge < -0.3 is 5.73 Å². The van der Waals surface area contributed by atoms with Crippen molar-refractivity contribution in [2.75, 3.05) is 5.73 Å². The fourth-order valence-electron chi connectivity index (χ4n) is 1.09. The van der Waals surface area contributed by atoms with Gasteiger partial charge in [0.1, 0.15) is 0 Å². The van der Waals surface area contributed by atoms with Crippen molar-refractivity contribution in [1.29, 1.82) is 0 Å². The predicted octanol–water partition coefficient (Wildman–Crippen LogP) is 2.38. The third-order valence-electron chi connectivity index (χ3n) is 1.80. The molecule has 0 heterocycles. The van der Waals surface area contributed by atoms with Crippen molar-refractivity contribution in [1.82, 2.24) is 0 Å². The van der Waals surface area contributed by atoms with Crippen molar-refractivity contribution in [3.05, 3.63) is 26.8 Å². The summed E-state index contributed by atoms with van der Waals surface area (Å²) < 4.78 is 0.973. The maximum absolute atomic E-state index is 11.1. The molecule has 1 aromatic rings. The third-order valence-corrected chi connectivity index (χ3v) is 3.23. The van der Waals surface area contributed by atoms with Crippen LogP contribution in [0.4, 0.5) is 5.69 Å². The largest absolute Gasteiger partial charge is 0.398 e. The summed E-state index contributed by atoms with van der Waals surface area (Å²) in [5.74, 6) is 0.0883. The molecule has 0 aliphatic rings. The summed E-state index contributed by atoms with van der Waals surface area (Å²) in [7, 11) is 0. The van der Waals surface area contributed by atoms with Crippen LogP contribution in [0.15, 0.2) is 12.1 Å². The van der Waals surface area contributed by atoms with E-state index in [1.807, 2.05) is 6.92 Å². The zero-order chi connectivity index (χ0) is 9.30.